The molecule has 1 heterocycles. The SMILES string of the molecule is COC(=O)c1ccc(N2CCSCC2)c(N)c1. The van der Waals surface area contributed by atoms with Crippen LogP contribution in [0.3, 0.4) is 0 Å². The maximum absolute atomic E-state index is 11.4. The summed E-state index contributed by atoms with van der Waals surface area (Å²) in [6.45, 7) is 2.01. The molecule has 2 N–H and O–H groups in total. The predicted octanol–water partition coefficient (Wildman–Crippen LogP) is 1.61. The predicted molar refractivity (Wildman–Crippen MR) is 71.7 cm³/mol. The molecule has 1 aliphatic heterocycles. The fourth-order valence-corrected chi connectivity index (χ4v) is 2.79. The van der Waals surface area contributed by atoms with Crippen LogP contribution < -0.4 is 10.6 Å². The Labute approximate surface area is 105 Å². The third kappa shape index (κ3) is 2.66. The second kappa shape index (κ2) is 5.31. The average Bonchev–Trinajstić information content (AvgIpc) is 2.38. The van der Waals surface area contributed by atoms with Crippen molar-refractivity contribution in [2.24, 2.45) is 0 Å². The van der Waals surface area contributed by atoms with Crippen molar-refractivity contribution in [1.82, 2.24) is 0 Å². The molecule has 0 saturated carbocycles. The number of ether oxygens (including phenoxy) is 1. The number of hydrogen-bond acceptors (Lipinski definition) is 5. The van der Waals surface area contributed by atoms with E-state index in [1.54, 1.807) is 12.1 Å². The first kappa shape index (κ1) is 12.1. The fraction of sp³-hybridized carbons (Fsp3) is 0.417. The van der Waals surface area contributed by atoms with Gasteiger partial charge in [-0.1, -0.05) is 0 Å². The van der Waals surface area contributed by atoms with Gasteiger partial charge in [0.15, 0.2) is 0 Å². The van der Waals surface area contributed by atoms with Gasteiger partial charge in [-0.05, 0) is 18.2 Å². The molecule has 2 rings (SSSR count). The van der Waals surface area contributed by atoms with Gasteiger partial charge in [-0.3, -0.25) is 0 Å². The molecule has 0 spiro atoms. The molecule has 1 aliphatic rings. The number of hydrogen-bond donors (Lipinski definition) is 1. The van der Waals surface area contributed by atoms with Gasteiger partial charge < -0.3 is 15.4 Å². The fourth-order valence-electron chi connectivity index (χ4n) is 1.89. The summed E-state index contributed by atoms with van der Waals surface area (Å²) in [5.74, 6) is 1.90. The number of methoxy groups -OCH3 is 1. The van der Waals surface area contributed by atoms with E-state index in [4.69, 9.17) is 5.73 Å². The Morgan fingerprint density at radius 3 is 2.71 bits per heavy atom. The maximum Gasteiger partial charge on any atom is 0.337 e. The highest BCUT2D eigenvalue weighted by atomic mass is 32.2. The number of carbonyl (C=O) groups is 1. The normalized spacial score (nSPS) is 15.7. The van der Waals surface area contributed by atoms with Crippen LogP contribution in [0.1, 0.15) is 10.4 Å². The van der Waals surface area contributed by atoms with E-state index in [9.17, 15) is 4.79 Å². The molecule has 5 heteroatoms. The van der Waals surface area contributed by atoms with Gasteiger partial charge in [0.2, 0.25) is 0 Å². The van der Waals surface area contributed by atoms with Crippen molar-refractivity contribution in [2.45, 2.75) is 0 Å². The summed E-state index contributed by atoms with van der Waals surface area (Å²) in [7, 11) is 1.37. The number of benzene rings is 1. The van der Waals surface area contributed by atoms with Crippen molar-refractivity contribution in [1.29, 1.82) is 0 Å². The Morgan fingerprint density at radius 1 is 1.41 bits per heavy atom. The van der Waals surface area contributed by atoms with Gasteiger partial charge in [0.05, 0.1) is 24.0 Å². The molecule has 0 amide bonds. The Kier molecular flexibility index (Phi) is 3.78. The van der Waals surface area contributed by atoms with Crippen molar-refractivity contribution < 1.29 is 9.53 Å². The topological polar surface area (TPSA) is 55.6 Å². The van der Waals surface area contributed by atoms with Crippen LogP contribution in [-0.2, 0) is 4.74 Å². The van der Waals surface area contributed by atoms with Gasteiger partial charge in [-0.25, -0.2) is 4.79 Å². The lowest BCUT2D eigenvalue weighted by Gasteiger charge is -2.29. The molecule has 0 aromatic heterocycles. The van der Waals surface area contributed by atoms with Gasteiger partial charge in [0.1, 0.15) is 0 Å². The number of anilines is 2. The molecule has 17 heavy (non-hydrogen) atoms. The summed E-state index contributed by atoms with van der Waals surface area (Å²) in [5.41, 5.74) is 8.14. The zero-order chi connectivity index (χ0) is 12.3. The van der Waals surface area contributed by atoms with E-state index in [1.807, 2.05) is 17.8 Å². The van der Waals surface area contributed by atoms with Crippen molar-refractivity contribution in [3.8, 4) is 0 Å². The molecule has 0 bridgehead atoms. The van der Waals surface area contributed by atoms with E-state index in [0.29, 0.717) is 11.3 Å². The van der Waals surface area contributed by atoms with Gasteiger partial charge in [-0.15, -0.1) is 0 Å². The van der Waals surface area contributed by atoms with Crippen molar-refractivity contribution >= 4 is 29.1 Å². The van der Waals surface area contributed by atoms with E-state index in [0.717, 1.165) is 30.3 Å². The van der Waals surface area contributed by atoms with Crippen LogP contribution >= 0.6 is 11.8 Å². The molecule has 0 radical (unpaired) electrons. The van der Waals surface area contributed by atoms with E-state index < -0.39 is 0 Å². The van der Waals surface area contributed by atoms with Gasteiger partial charge in [0.25, 0.3) is 0 Å². The summed E-state index contributed by atoms with van der Waals surface area (Å²) in [4.78, 5) is 13.6. The molecular formula is C12H16N2O2S. The number of nitrogens with zero attached hydrogens (tertiary/aromatic N) is 1. The van der Waals surface area contributed by atoms with E-state index >= 15 is 0 Å². The first-order valence-electron chi connectivity index (χ1n) is 5.53. The first-order valence-corrected chi connectivity index (χ1v) is 6.68. The highest BCUT2D eigenvalue weighted by Gasteiger charge is 2.15. The number of thioether (sulfide) groups is 1. The zero-order valence-corrected chi connectivity index (χ0v) is 10.6. The summed E-state index contributed by atoms with van der Waals surface area (Å²) in [6.07, 6.45) is 0. The lowest BCUT2D eigenvalue weighted by Crippen LogP contribution is -2.33. The van der Waals surface area contributed by atoms with E-state index in [2.05, 4.69) is 9.64 Å². The molecule has 1 saturated heterocycles. The molecule has 1 aromatic carbocycles. The van der Waals surface area contributed by atoms with E-state index in [1.165, 1.54) is 7.11 Å². The molecule has 0 aliphatic carbocycles. The third-order valence-corrected chi connectivity index (χ3v) is 3.74. The van der Waals surface area contributed by atoms with Crippen LogP contribution in [-0.4, -0.2) is 37.7 Å². The summed E-state index contributed by atoms with van der Waals surface area (Å²) < 4.78 is 4.67. The Bertz CT molecular complexity index is 417. The minimum absolute atomic E-state index is 0.350. The van der Waals surface area contributed by atoms with Crippen LogP contribution in [0.5, 0.6) is 0 Å². The van der Waals surface area contributed by atoms with Crippen molar-refractivity contribution in [2.75, 3.05) is 42.3 Å². The maximum atomic E-state index is 11.4. The van der Waals surface area contributed by atoms with Gasteiger partial charge in [-0.2, -0.15) is 11.8 Å². The Morgan fingerprint density at radius 2 is 2.12 bits per heavy atom. The molecular weight excluding hydrogens is 236 g/mol. The van der Waals surface area contributed by atoms with Crippen LogP contribution in [0, 0.1) is 0 Å². The second-order valence-corrected chi connectivity index (χ2v) is 5.09. The molecule has 4 nitrogen and oxygen atoms in total. The highest BCUT2D eigenvalue weighted by Crippen LogP contribution is 2.27. The largest absolute Gasteiger partial charge is 0.465 e. The Balaban J connectivity index is 2.21. The third-order valence-electron chi connectivity index (χ3n) is 2.80. The monoisotopic (exact) mass is 252 g/mol. The molecule has 0 unspecified atom stereocenters. The van der Waals surface area contributed by atoms with Crippen molar-refractivity contribution in [3.63, 3.8) is 0 Å². The van der Waals surface area contributed by atoms with Gasteiger partial charge in [0, 0.05) is 24.6 Å². The highest BCUT2D eigenvalue weighted by molar-refractivity contribution is 7.99. The van der Waals surface area contributed by atoms with Crippen LogP contribution in [0.2, 0.25) is 0 Å². The molecule has 1 fully saturated rings. The summed E-state index contributed by atoms with van der Waals surface area (Å²) >= 11 is 1.95. The van der Waals surface area contributed by atoms with Crippen LogP contribution in [0.4, 0.5) is 11.4 Å². The second-order valence-electron chi connectivity index (χ2n) is 3.86. The molecule has 1 aromatic rings. The van der Waals surface area contributed by atoms with Crippen LogP contribution in [0.25, 0.3) is 0 Å². The lowest BCUT2D eigenvalue weighted by atomic mass is 10.1. The first-order chi connectivity index (χ1) is 8.22. The number of esters is 1. The molecule has 0 atom stereocenters. The average molecular weight is 252 g/mol. The van der Waals surface area contributed by atoms with Gasteiger partial charge >= 0.3 is 5.97 Å². The number of rotatable bonds is 2. The minimum atomic E-state index is -0.350. The lowest BCUT2D eigenvalue weighted by molar-refractivity contribution is 0.0601. The van der Waals surface area contributed by atoms with Crippen LogP contribution in [0.15, 0.2) is 18.2 Å². The zero-order valence-electron chi connectivity index (χ0n) is 9.81. The standard InChI is InChI=1S/C12H16N2O2S/c1-16-12(15)9-2-3-11(10(13)8-9)14-4-6-17-7-5-14/h2-3,8H,4-7,13H2,1H3. The number of nitrogen functional groups attached to an aromatic ring is 1. The Hall–Kier alpha value is -1.36. The van der Waals surface area contributed by atoms with E-state index in [-0.39, 0.29) is 5.97 Å². The number of carbonyl (C=O) groups excluding carboxylic acids is 1. The minimum Gasteiger partial charge on any atom is -0.465 e. The molecule has 92 valence electrons. The summed E-state index contributed by atoms with van der Waals surface area (Å²) in [5, 5.41) is 0. The summed E-state index contributed by atoms with van der Waals surface area (Å²) in [6, 6.07) is 5.35. The van der Waals surface area contributed by atoms with Crippen molar-refractivity contribution in [3.05, 3.63) is 23.8 Å². The smallest absolute Gasteiger partial charge is 0.337 e. The quantitative estimate of drug-likeness (QED) is 0.640. The number of nitrogens with two attached hydrogens (primary N) is 1.